The molecule has 0 atom stereocenters. The molecule has 5 aromatic rings. The van der Waals surface area contributed by atoms with Gasteiger partial charge >= 0.3 is 113 Å². The van der Waals surface area contributed by atoms with Crippen LogP contribution in [0.2, 0.25) is 0 Å². The first-order valence-electron chi connectivity index (χ1n) is 11.6. The van der Waals surface area contributed by atoms with Gasteiger partial charge in [-0.1, -0.05) is 35.4 Å². The minimum atomic E-state index is -0.488. The third kappa shape index (κ3) is 8.22. The normalized spacial score (nSPS) is 10.1. The van der Waals surface area contributed by atoms with E-state index in [0.29, 0.717) is 0 Å². The molecule has 36 heavy (non-hydrogen) atoms. The Balaban J connectivity index is 0.000000205. The fourth-order valence-corrected chi connectivity index (χ4v) is 7.72. The van der Waals surface area contributed by atoms with E-state index in [-0.39, 0.29) is 24.8 Å². The molecule has 1 aliphatic carbocycles. The summed E-state index contributed by atoms with van der Waals surface area (Å²) in [6.07, 6.45) is 1.05. The van der Waals surface area contributed by atoms with Crippen LogP contribution in [0, 0.1) is 19.9 Å². The predicted molar refractivity (Wildman–Crippen MR) is 143 cm³/mol. The summed E-state index contributed by atoms with van der Waals surface area (Å²) in [7, 11) is 0. The van der Waals surface area contributed by atoms with Crippen LogP contribution >= 0.6 is 0 Å². The number of hydrogen-bond acceptors (Lipinski definition) is 0. The van der Waals surface area contributed by atoms with Gasteiger partial charge in [-0.3, -0.25) is 0 Å². The smallest absolute Gasteiger partial charge is 0.0253 e. The second-order valence-corrected chi connectivity index (χ2v) is 14.1. The average Bonchev–Trinajstić information content (AvgIpc) is 3.57. The van der Waals surface area contributed by atoms with E-state index in [1.54, 1.807) is 23.3 Å². The fraction of sp³-hybridized carbons (Fsp3) is 0.0938. The summed E-state index contributed by atoms with van der Waals surface area (Å²) in [6.45, 7) is 4.29. The first-order chi connectivity index (χ1) is 16.6. The average molecular weight is 603 g/mol. The maximum Gasteiger partial charge on any atom is -0.0253 e. The monoisotopic (exact) mass is 600 g/mol. The molecule has 0 radical (unpaired) electrons. The van der Waals surface area contributed by atoms with Crippen LogP contribution < -0.4 is 35.2 Å². The Labute approximate surface area is 243 Å². The number of fused-ring (bicyclic) bond motifs is 3. The Bertz CT molecular complexity index is 1230. The van der Waals surface area contributed by atoms with Crippen LogP contribution in [0.3, 0.4) is 0 Å². The van der Waals surface area contributed by atoms with Gasteiger partial charge in [-0.2, -0.15) is 48.0 Å². The quantitative estimate of drug-likeness (QED) is 0.199. The van der Waals surface area contributed by atoms with Gasteiger partial charge in [0.15, 0.2) is 0 Å². The molecule has 180 valence electrons. The van der Waals surface area contributed by atoms with Crippen molar-refractivity contribution in [1.29, 1.82) is 0 Å². The zero-order chi connectivity index (χ0) is 23.8. The Hall–Kier alpha value is -2.09. The van der Waals surface area contributed by atoms with Gasteiger partial charge in [0.2, 0.25) is 0 Å². The Morgan fingerprint density at radius 3 is 1.72 bits per heavy atom. The van der Waals surface area contributed by atoms with Crippen molar-refractivity contribution in [2.45, 2.75) is 20.3 Å². The summed E-state index contributed by atoms with van der Waals surface area (Å²) in [5.74, 6) is 0. The topological polar surface area (TPSA) is 0 Å². The van der Waals surface area contributed by atoms with Gasteiger partial charge in [0.1, 0.15) is 0 Å². The molecule has 0 saturated carbocycles. The van der Waals surface area contributed by atoms with Crippen molar-refractivity contribution in [3.8, 4) is 11.1 Å². The fourth-order valence-electron chi connectivity index (χ4n) is 3.93. The van der Waals surface area contributed by atoms with Crippen LogP contribution in [-0.2, 0) is 29.8 Å². The van der Waals surface area contributed by atoms with Crippen LogP contribution in [0.25, 0.3) is 11.1 Å². The van der Waals surface area contributed by atoms with E-state index in [2.05, 4.69) is 105 Å². The van der Waals surface area contributed by atoms with Gasteiger partial charge in [0.25, 0.3) is 0 Å². The minimum absolute atomic E-state index is 0. The molecule has 0 N–H and O–H groups in total. The van der Waals surface area contributed by atoms with Crippen LogP contribution in [0.5, 0.6) is 0 Å². The Morgan fingerprint density at radius 2 is 1.19 bits per heavy atom. The van der Waals surface area contributed by atoms with E-state index in [1.807, 2.05) is 36.4 Å². The second kappa shape index (κ2) is 15.2. The molecule has 0 saturated heterocycles. The molecular formula is C32H28Cl2SiZr-2. The number of aryl methyl sites for hydroxylation is 2. The zero-order valence-electron chi connectivity index (χ0n) is 20.5. The summed E-state index contributed by atoms with van der Waals surface area (Å²) < 4.78 is 0. The number of benzene rings is 4. The van der Waals surface area contributed by atoms with Crippen LogP contribution in [0.1, 0.15) is 22.3 Å². The van der Waals surface area contributed by atoms with Crippen molar-refractivity contribution in [2.75, 3.05) is 0 Å². The van der Waals surface area contributed by atoms with Crippen molar-refractivity contribution >= 4 is 15.8 Å². The minimum Gasteiger partial charge on any atom is -1.00 e. The van der Waals surface area contributed by atoms with Gasteiger partial charge in [-0.15, -0.1) is 5.56 Å². The third-order valence-electron chi connectivity index (χ3n) is 5.85. The molecule has 0 amide bonds. The molecule has 0 heterocycles. The van der Waals surface area contributed by atoms with Crippen LogP contribution in [0.4, 0.5) is 0 Å². The summed E-state index contributed by atoms with van der Waals surface area (Å²) in [6, 6.07) is 46.1. The largest absolute Gasteiger partial charge is 1.00 e. The van der Waals surface area contributed by atoms with Gasteiger partial charge in [0.05, 0.1) is 0 Å². The van der Waals surface area contributed by atoms with E-state index >= 15 is 0 Å². The summed E-state index contributed by atoms with van der Waals surface area (Å²) in [4.78, 5) is 0. The molecule has 0 bridgehead atoms. The van der Waals surface area contributed by atoms with Gasteiger partial charge in [-0.05, 0) is 6.42 Å². The first-order valence-corrected chi connectivity index (χ1v) is 16.8. The third-order valence-corrected chi connectivity index (χ3v) is 11.9. The number of hydrogen-bond donors (Lipinski definition) is 0. The summed E-state index contributed by atoms with van der Waals surface area (Å²) >= 11 is 1.65. The van der Waals surface area contributed by atoms with E-state index in [1.165, 1.54) is 43.8 Å². The van der Waals surface area contributed by atoms with Crippen molar-refractivity contribution in [1.82, 2.24) is 0 Å². The van der Waals surface area contributed by atoms with Crippen LogP contribution in [-0.4, -0.2) is 5.43 Å². The van der Waals surface area contributed by atoms with E-state index in [0.717, 1.165) is 6.42 Å². The molecular weight excluding hydrogens is 575 g/mol. The van der Waals surface area contributed by atoms with Crippen molar-refractivity contribution < 1.29 is 48.1 Å². The van der Waals surface area contributed by atoms with E-state index in [9.17, 15) is 0 Å². The van der Waals surface area contributed by atoms with Gasteiger partial charge in [-0.25, -0.2) is 12.1 Å². The van der Waals surface area contributed by atoms with Crippen molar-refractivity contribution in [3.63, 3.8) is 0 Å². The predicted octanol–water partition coefficient (Wildman–Crippen LogP) is 0.427. The molecule has 0 fully saturated rings. The molecule has 5 aromatic carbocycles. The van der Waals surface area contributed by atoms with Gasteiger partial charge in [0, 0.05) is 0 Å². The summed E-state index contributed by atoms with van der Waals surface area (Å²) in [5.41, 5.74) is 7.71. The van der Waals surface area contributed by atoms with Crippen molar-refractivity contribution in [3.05, 3.63) is 150 Å². The molecule has 0 aromatic heterocycles. The zero-order valence-corrected chi connectivity index (χ0v) is 25.5. The molecule has 0 nitrogen and oxygen atoms in total. The van der Waals surface area contributed by atoms with E-state index < -0.39 is 5.43 Å². The van der Waals surface area contributed by atoms with Crippen LogP contribution in [0.15, 0.2) is 121 Å². The standard InChI is InChI=1S/C14H14Si.C13H9.C5H5.2ClH.Zr/c1-11-3-7-13(8-4-11)15-14-9-5-12(2)6-10-14;1-3-7-12-10(5-1)9-11-6-2-4-8-13(11)12;1-2-4-5-3-1;;;/h3-10H,1-2H3;1-5,7-8H,9H2;1-5H;2*1H;/q;2*-1;;;+2/p-2. The van der Waals surface area contributed by atoms with Gasteiger partial charge < -0.3 is 24.8 Å². The second-order valence-electron chi connectivity index (χ2n) is 8.47. The Kier molecular flexibility index (Phi) is 12.7. The Morgan fingerprint density at radius 1 is 0.667 bits per heavy atom. The molecule has 6 rings (SSSR count). The molecule has 0 aliphatic heterocycles. The van der Waals surface area contributed by atoms with E-state index in [4.69, 9.17) is 0 Å². The van der Waals surface area contributed by atoms with Crippen molar-refractivity contribution in [2.24, 2.45) is 0 Å². The molecule has 0 unspecified atom stereocenters. The first kappa shape index (κ1) is 30.1. The molecule has 0 spiro atoms. The maximum atomic E-state index is 3.30. The molecule has 4 heteroatoms. The number of rotatable bonds is 2. The number of halogens is 2. The summed E-state index contributed by atoms with van der Waals surface area (Å²) in [5, 5.41) is 3.05. The molecule has 1 aliphatic rings. The SMILES string of the molecule is Cc1ccc([Si](=[Zr+2])c2ccc(C)cc2)cc1.[Cl-].[Cl-].[c-]1cccc2c1Cc1ccccc1-2.c1cc[cH-]c1. The maximum absolute atomic E-state index is 3.30.